The van der Waals surface area contributed by atoms with Gasteiger partial charge < -0.3 is 15.0 Å². The molecule has 1 unspecified atom stereocenters. The first-order valence-corrected chi connectivity index (χ1v) is 6.95. The van der Waals surface area contributed by atoms with E-state index in [2.05, 4.69) is 40.1 Å². The van der Waals surface area contributed by atoms with Crippen molar-refractivity contribution in [3.05, 3.63) is 17.5 Å². The van der Waals surface area contributed by atoms with Gasteiger partial charge in [-0.15, -0.1) is 0 Å². The molecule has 1 aliphatic rings. The molecule has 19 heavy (non-hydrogen) atoms. The molecule has 0 amide bonds. The third-order valence-electron chi connectivity index (χ3n) is 3.28. The van der Waals surface area contributed by atoms with E-state index >= 15 is 0 Å². The molecule has 1 saturated heterocycles. The molecule has 0 saturated carbocycles. The van der Waals surface area contributed by atoms with Gasteiger partial charge in [0.15, 0.2) is 0 Å². The van der Waals surface area contributed by atoms with Crippen molar-refractivity contribution in [1.29, 1.82) is 0 Å². The monoisotopic (exact) mass is 264 g/mol. The van der Waals surface area contributed by atoms with Crippen LogP contribution in [-0.4, -0.2) is 49.4 Å². The lowest BCUT2D eigenvalue weighted by Gasteiger charge is -2.28. The van der Waals surface area contributed by atoms with Crippen LogP contribution in [0.4, 0.5) is 5.95 Å². The Labute approximate surface area is 115 Å². The van der Waals surface area contributed by atoms with Crippen LogP contribution < -0.4 is 10.2 Å². The number of aryl methyl sites for hydroxylation is 1. The molecule has 1 N–H and O–H groups in total. The van der Waals surface area contributed by atoms with E-state index in [1.165, 1.54) is 0 Å². The Bertz CT molecular complexity index is 416. The summed E-state index contributed by atoms with van der Waals surface area (Å²) in [5, 5.41) is 3.34. The molecule has 5 nitrogen and oxygen atoms in total. The van der Waals surface area contributed by atoms with Crippen molar-refractivity contribution >= 4 is 5.95 Å². The Balaban J connectivity index is 2.07. The predicted molar refractivity (Wildman–Crippen MR) is 76.7 cm³/mol. The molecule has 0 aliphatic carbocycles. The van der Waals surface area contributed by atoms with E-state index in [0.29, 0.717) is 5.92 Å². The largest absolute Gasteiger partial charge is 0.374 e. The van der Waals surface area contributed by atoms with Crippen molar-refractivity contribution in [3.63, 3.8) is 0 Å². The van der Waals surface area contributed by atoms with Gasteiger partial charge in [0.25, 0.3) is 0 Å². The highest BCUT2D eigenvalue weighted by atomic mass is 16.5. The minimum Gasteiger partial charge on any atom is -0.374 e. The van der Waals surface area contributed by atoms with E-state index in [4.69, 9.17) is 4.74 Å². The van der Waals surface area contributed by atoms with Crippen molar-refractivity contribution < 1.29 is 4.74 Å². The molecule has 1 aromatic heterocycles. The Morgan fingerprint density at radius 3 is 2.89 bits per heavy atom. The highest BCUT2D eigenvalue weighted by Crippen LogP contribution is 2.16. The van der Waals surface area contributed by atoms with Crippen molar-refractivity contribution in [1.82, 2.24) is 15.3 Å². The fraction of sp³-hybridized carbons (Fsp3) is 0.714. The van der Waals surface area contributed by atoms with Crippen LogP contribution in [-0.2, 0) is 4.74 Å². The molecule has 0 spiro atoms. The van der Waals surface area contributed by atoms with Gasteiger partial charge in [-0.1, -0.05) is 13.8 Å². The number of ether oxygens (including phenoxy) is 1. The van der Waals surface area contributed by atoms with E-state index in [9.17, 15) is 0 Å². The molecular weight excluding hydrogens is 240 g/mol. The van der Waals surface area contributed by atoms with Crippen LogP contribution in [0.25, 0.3) is 0 Å². The maximum atomic E-state index is 5.72. The van der Waals surface area contributed by atoms with Crippen molar-refractivity contribution in [2.75, 3.05) is 38.2 Å². The lowest BCUT2D eigenvalue weighted by Crippen LogP contribution is -2.44. The Hall–Kier alpha value is -1.20. The second-order valence-corrected chi connectivity index (χ2v) is 5.47. The zero-order valence-corrected chi connectivity index (χ0v) is 12.3. The SMILES string of the molecule is Cc1cc(C(C)C)nc(N(C)CC2CNCCO2)n1. The van der Waals surface area contributed by atoms with Gasteiger partial charge in [0.05, 0.1) is 12.7 Å². The third-order valence-corrected chi connectivity index (χ3v) is 3.28. The van der Waals surface area contributed by atoms with E-state index in [1.54, 1.807) is 0 Å². The molecular formula is C14H24N4O. The summed E-state index contributed by atoms with van der Waals surface area (Å²) in [6.07, 6.45) is 0.213. The van der Waals surface area contributed by atoms with Gasteiger partial charge in [-0.25, -0.2) is 9.97 Å². The van der Waals surface area contributed by atoms with Gasteiger partial charge in [-0.2, -0.15) is 0 Å². The summed E-state index contributed by atoms with van der Waals surface area (Å²) in [6.45, 7) is 9.76. The molecule has 5 heteroatoms. The zero-order chi connectivity index (χ0) is 13.8. The standard InChI is InChI=1S/C14H24N4O/c1-10(2)13-7-11(3)16-14(17-13)18(4)9-12-8-15-5-6-19-12/h7,10,12,15H,5-6,8-9H2,1-4H3. The average molecular weight is 264 g/mol. The molecule has 1 aromatic rings. The van der Waals surface area contributed by atoms with Crippen molar-refractivity contribution in [3.8, 4) is 0 Å². The first kappa shape index (κ1) is 14.2. The number of aromatic nitrogens is 2. The second-order valence-electron chi connectivity index (χ2n) is 5.47. The van der Waals surface area contributed by atoms with Gasteiger partial charge in [0, 0.05) is 38.1 Å². The number of hydrogen-bond acceptors (Lipinski definition) is 5. The summed E-state index contributed by atoms with van der Waals surface area (Å²) in [6, 6.07) is 2.06. The van der Waals surface area contributed by atoms with Crippen LogP contribution in [0.1, 0.15) is 31.2 Å². The molecule has 0 radical (unpaired) electrons. The number of hydrogen-bond donors (Lipinski definition) is 1. The van der Waals surface area contributed by atoms with Gasteiger partial charge >= 0.3 is 0 Å². The number of likely N-dealkylation sites (N-methyl/N-ethyl adjacent to an activating group) is 1. The quantitative estimate of drug-likeness (QED) is 0.889. The van der Waals surface area contributed by atoms with Gasteiger partial charge in [0.1, 0.15) is 0 Å². The lowest BCUT2D eigenvalue weighted by molar-refractivity contribution is 0.0338. The Kier molecular flexibility index (Phi) is 4.71. The number of nitrogens with zero attached hydrogens (tertiary/aromatic N) is 3. The predicted octanol–water partition coefficient (Wildman–Crippen LogP) is 1.33. The summed E-state index contributed by atoms with van der Waals surface area (Å²) >= 11 is 0. The summed E-state index contributed by atoms with van der Waals surface area (Å²) in [4.78, 5) is 11.2. The first-order valence-electron chi connectivity index (χ1n) is 6.95. The topological polar surface area (TPSA) is 50.3 Å². The van der Waals surface area contributed by atoms with Gasteiger partial charge in [-0.3, -0.25) is 0 Å². The summed E-state index contributed by atoms with van der Waals surface area (Å²) in [7, 11) is 2.02. The maximum Gasteiger partial charge on any atom is 0.225 e. The summed E-state index contributed by atoms with van der Waals surface area (Å²) in [5.41, 5.74) is 2.11. The summed E-state index contributed by atoms with van der Waals surface area (Å²) < 4.78 is 5.72. The third kappa shape index (κ3) is 3.88. The molecule has 1 fully saturated rings. The number of morpholine rings is 1. The minimum absolute atomic E-state index is 0.213. The van der Waals surface area contributed by atoms with E-state index in [0.717, 1.165) is 43.6 Å². The van der Waals surface area contributed by atoms with Crippen LogP contribution in [0.15, 0.2) is 6.07 Å². The molecule has 1 aliphatic heterocycles. The number of rotatable bonds is 4. The molecule has 0 bridgehead atoms. The van der Waals surface area contributed by atoms with Crippen molar-refractivity contribution in [2.24, 2.45) is 0 Å². The van der Waals surface area contributed by atoms with Crippen molar-refractivity contribution in [2.45, 2.75) is 32.8 Å². The van der Waals surface area contributed by atoms with E-state index in [1.807, 2.05) is 14.0 Å². The molecule has 106 valence electrons. The summed E-state index contributed by atoms with van der Waals surface area (Å²) in [5.74, 6) is 1.21. The van der Waals surface area contributed by atoms with E-state index in [-0.39, 0.29) is 6.10 Å². The fourth-order valence-electron chi connectivity index (χ4n) is 2.17. The van der Waals surface area contributed by atoms with Crippen LogP contribution in [0.2, 0.25) is 0 Å². The average Bonchev–Trinajstić information content (AvgIpc) is 2.39. The van der Waals surface area contributed by atoms with Crippen LogP contribution >= 0.6 is 0 Å². The Morgan fingerprint density at radius 1 is 1.47 bits per heavy atom. The molecule has 2 heterocycles. The molecule has 1 atom stereocenters. The fourth-order valence-corrected chi connectivity index (χ4v) is 2.17. The number of nitrogens with one attached hydrogen (secondary N) is 1. The lowest BCUT2D eigenvalue weighted by atomic mass is 10.1. The highest BCUT2D eigenvalue weighted by Gasteiger charge is 2.17. The maximum absolute atomic E-state index is 5.72. The molecule has 0 aromatic carbocycles. The van der Waals surface area contributed by atoms with Gasteiger partial charge in [0.2, 0.25) is 5.95 Å². The van der Waals surface area contributed by atoms with Crippen LogP contribution in [0.5, 0.6) is 0 Å². The molecule has 2 rings (SSSR count). The van der Waals surface area contributed by atoms with Crippen LogP contribution in [0, 0.1) is 6.92 Å². The van der Waals surface area contributed by atoms with Crippen LogP contribution in [0.3, 0.4) is 0 Å². The Morgan fingerprint density at radius 2 is 2.26 bits per heavy atom. The highest BCUT2D eigenvalue weighted by molar-refractivity contribution is 5.32. The first-order chi connectivity index (χ1) is 9.06. The zero-order valence-electron chi connectivity index (χ0n) is 12.3. The second kappa shape index (κ2) is 6.30. The minimum atomic E-state index is 0.213. The number of anilines is 1. The van der Waals surface area contributed by atoms with Gasteiger partial charge in [-0.05, 0) is 18.9 Å². The smallest absolute Gasteiger partial charge is 0.225 e. The normalized spacial score (nSPS) is 19.7. The van der Waals surface area contributed by atoms with E-state index < -0.39 is 0 Å².